The van der Waals surface area contributed by atoms with E-state index in [1.165, 1.54) is 5.56 Å². The van der Waals surface area contributed by atoms with Gasteiger partial charge >= 0.3 is 0 Å². The van der Waals surface area contributed by atoms with E-state index in [2.05, 4.69) is 12.1 Å². The molecule has 0 radical (unpaired) electrons. The van der Waals surface area contributed by atoms with Crippen LogP contribution in [0, 0.1) is 5.41 Å². The normalized spacial score (nSPS) is 10.1. The first-order valence-corrected chi connectivity index (χ1v) is 5.64. The van der Waals surface area contributed by atoms with Crippen molar-refractivity contribution < 1.29 is 4.74 Å². The fourth-order valence-electron chi connectivity index (χ4n) is 1.37. The molecule has 1 rings (SSSR count). The molecule has 1 aromatic rings. The summed E-state index contributed by atoms with van der Waals surface area (Å²) in [5, 5.41) is 7.61. The van der Waals surface area contributed by atoms with Gasteiger partial charge in [0, 0.05) is 20.0 Å². The minimum atomic E-state index is 0.647. The summed E-state index contributed by atoms with van der Waals surface area (Å²) < 4.78 is 5.55. The fraction of sp³-hybridized carbons (Fsp3) is 0.462. The van der Waals surface area contributed by atoms with E-state index >= 15 is 0 Å². The van der Waals surface area contributed by atoms with Crippen LogP contribution < -0.4 is 0 Å². The minimum Gasteiger partial charge on any atom is -0.375 e. The van der Waals surface area contributed by atoms with Gasteiger partial charge in [-0.2, -0.15) is 0 Å². The number of hydrogen-bond acceptors (Lipinski definition) is 2. The lowest BCUT2D eigenvalue weighted by molar-refractivity contribution is 0.111. The maximum absolute atomic E-state index is 7.61. The zero-order chi connectivity index (χ0) is 11.8. The summed E-state index contributed by atoms with van der Waals surface area (Å²) >= 11 is 0. The number of amidine groups is 1. The van der Waals surface area contributed by atoms with Crippen LogP contribution in [0.4, 0.5) is 0 Å². The van der Waals surface area contributed by atoms with Gasteiger partial charge in [-0.15, -0.1) is 0 Å². The third-order valence-corrected chi connectivity index (χ3v) is 2.48. The first-order chi connectivity index (χ1) is 7.74. The number of likely N-dealkylation sites (N-methyl/N-ethyl adjacent to an activating group) is 1. The molecule has 0 amide bonds. The molecule has 0 bridgehead atoms. The lowest BCUT2D eigenvalue weighted by atomic mass is 10.2. The second-order valence-electron chi connectivity index (χ2n) is 3.76. The van der Waals surface area contributed by atoms with Crippen molar-refractivity contribution in [2.24, 2.45) is 0 Å². The number of benzene rings is 1. The van der Waals surface area contributed by atoms with Crippen molar-refractivity contribution in [1.29, 1.82) is 5.41 Å². The zero-order valence-electron chi connectivity index (χ0n) is 10.1. The Bertz CT molecular complexity index is 311. The molecule has 0 aromatic heterocycles. The van der Waals surface area contributed by atoms with E-state index in [9.17, 15) is 0 Å². The summed E-state index contributed by atoms with van der Waals surface area (Å²) in [4.78, 5) is 1.92. The first kappa shape index (κ1) is 12.7. The number of rotatable bonds is 6. The summed E-state index contributed by atoms with van der Waals surface area (Å²) in [6.45, 7) is 4.07. The molecule has 0 aliphatic heterocycles. The van der Waals surface area contributed by atoms with Crippen LogP contribution in [0.15, 0.2) is 30.3 Å². The summed E-state index contributed by atoms with van der Waals surface area (Å²) in [6.07, 6.45) is 0.773. The molecule has 16 heavy (non-hydrogen) atoms. The van der Waals surface area contributed by atoms with E-state index in [0.29, 0.717) is 19.0 Å². The first-order valence-electron chi connectivity index (χ1n) is 5.64. The molecule has 0 saturated heterocycles. The highest BCUT2D eigenvalue weighted by atomic mass is 16.5. The molecule has 0 atom stereocenters. The predicted octanol–water partition coefficient (Wildman–Crippen LogP) is 2.52. The van der Waals surface area contributed by atoms with Crippen LogP contribution in [0.3, 0.4) is 0 Å². The average molecular weight is 220 g/mol. The highest BCUT2D eigenvalue weighted by Crippen LogP contribution is 2.00. The molecule has 0 unspecified atom stereocenters. The third kappa shape index (κ3) is 4.45. The molecule has 0 fully saturated rings. The Morgan fingerprint density at radius 3 is 2.62 bits per heavy atom. The summed E-state index contributed by atoms with van der Waals surface area (Å²) in [5.41, 5.74) is 1.19. The van der Waals surface area contributed by atoms with E-state index in [1.54, 1.807) is 0 Å². The van der Waals surface area contributed by atoms with Gasteiger partial charge in [0.1, 0.15) is 0 Å². The molecular weight excluding hydrogens is 200 g/mol. The molecule has 1 N–H and O–H groups in total. The highest BCUT2D eigenvalue weighted by molar-refractivity contribution is 5.78. The summed E-state index contributed by atoms with van der Waals surface area (Å²) in [7, 11) is 1.93. The van der Waals surface area contributed by atoms with Gasteiger partial charge in [0.2, 0.25) is 0 Å². The van der Waals surface area contributed by atoms with Crippen LogP contribution in [0.2, 0.25) is 0 Å². The van der Waals surface area contributed by atoms with Crippen LogP contribution in [0.1, 0.15) is 18.9 Å². The van der Waals surface area contributed by atoms with Crippen LogP contribution >= 0.6 is 0 Å². The van der Waals surface area contributed by atoms with E-state index in [4.69, 9.17) is 10.1 Å². The smallest absolute Gasteiger partial charge is 0.0953 e. The van der Waals surface area contributed by atoms with Gasteiger partial charge in [-0.25, -0.2) is 0 Å². The van der Waals surface area contributed by atoms with Crippen LogP contribution in [0.25, 0.3) is 0 Å². The van der Waals surface area contributed by atoms with Gasteiger partial charge in [-0.3, -0.25) is 5.41 Å². The van der Waals surface area contributed by atoms with E-state index in [0.717, 1.165) is 13.0 Å². The van der Waals surface area contributed by atoms with Crippen molar-refractivity contribution in [2.45, 2.75) is 20.0 Å². The van der Waals surface area contributed by atoms with Gasteiger partial charge < -0.3 is 9.64 Å². The van der Waals surface area contributed by atoms with Crippen molar-refractivity contribution in [3.8, 4) is 0 Å². The maximum Gasteiger partial charge on any atom is 0.0953 e. The van der Waals surface area contributed by atoms with E-state index in [-0.39, 0.29) is 0 Å². The molecule has 0 saturated carbocycles. The second-order valence-corrected chi connectivity index (χ2v) is 3.76. The molecule has 3 nitrogen and oxygen atoms in total. The minimum absolute atomic E-state index is 0.647. The van der Waals surface area contributed by atoms with Crippen molar-refractivity contribution >= 4 is 5.84 Å². The Balaban J connectivity index is 2.15. The van der Waals surface area contributed by atoms with Crippen molar-refractivity contribution in [2.75, 3.05) is 20.2 Å². The van der Waals surface area contributed by atoms with Gasteiger partial charge in [0.15, 0.2) is 0 Å². The van der Waals surface area contributed by atoms with Crippen molar-refractivity contribution in [3.05, 3.63) is 35.9 Å². The average Bonchev–Trinajstić information content (AvgIpc) is 2.34. The third-order valence-electron chi connectivity index (χ3n) is 2.48. The number of nitrogens with one attached hydrogen (secondary N) is 1. The van der Waals surface area contributed by atoms with Gasteiger partial charge in [0.05, 0.1) is 19.0 Å². The van der Waals surface area contributed by atoms with Crippen LogP contribution in [-0.2, 0) is 11.3 Å². The Morgan fingerprint density at radius 1 is 1.31 bits per heavy atom. The van der Waals surface area contributed by atoms with Crippen molar-refractivity contribution in [3.63, 3.8) is 0 Å². The molecule has 0 heterocycles. The molecule has 3 heteroatoms. The highest BCUT2D eigenvalue weighted by Gasteiger charge is 2.00. The molecule has 0 aliphatic carbocycles. The fourth-order valence-corrected chi connectivity index (χ4v) is 1.37. The van der Waals surface area contributed by atoms with Gasteiger partial charge in [-0.1, -0.05) is 37.3 Å². The quantitative estimate of drug-likeness (QED) is 0.454. The molecule has 88 valence electrons. The lowest BCUT2D eigenvalue weighted by Gasteiger charge is -2.18. The molecule has 1 aromatic carbocycles. The molecule has 0 spiro atoms. The number of nitrogens with zero attached hydrogens (tertiary/aromatic N) is 1. The second kappa shape index (κ2) is 7.01. The predicted molar refractivity (Wildman–Crippen MR) is 66.7 cm³/mol. The number of ether oxygens (including phenoxy) is 1. The Labute approximate surface area is 97.5 Å². The van der Waals surface area contributed by atoms with Crippen LogP contribution in [-0.4, -0.2) is 30.9 Å². The summed E-state index contributed by atoms with van der Waals surface area (Å²) in [5.74, 6) is 0.656. The number of hydrogen-bond donors (Lipinski definition) is 1. The summed E-state index contributed by atoms with van der Waals surface area (Å²) in [6, 6.07) is 10.1. The van der Waals surface area contributed by atoms with Crippen LogP contribution in [0.5, 0.6) is 0 Å². The zero-order valence-corrected chi connectivity index (χ0v) is 10.1. The SMILES string of the molecule is CCC(=N)N(C)CCOCc1ccccc1. The maximum atomic E-state index is 7.61. The largest absolute Gasteiger partial charge is 0.375 e. The Morgan fingerprint density at radius 2 is 2.00 bits per heavy atom. The molecular formula is C13H20N2O. The van der Waals surface area contributed by atoms with Gasteiger partial charge in [-0.05, 0) is 5.56 Å². The Hall–Kier alpha value is -1.35. The van der Waals surface area contributed by atoms with E-state index in [1.807, 2.05) is 37.1 Å². The molecule has 0 aliphatic rings. The topological polar surface area (TPSA) is 36.3 Å². The van der Waals surface area contributed by atoms with E-state index < -0.39 is 0 Å². The Kier molecular flexibility index (Phi) is 5.57. The standard InChI is InChI=1S/C13H20N2O/c1-3-13(14)15(2)9-10-16-11-12-7-5-4-6-8-12/h4-8,14H,3,9-11H2,1-2H3. The lowest BCUT2D eigenvalue weighted by Crippen LogP contribution is -2.28. The monoisotopic (exact) mass is 220 g/mol. The van der Waals surface area contributed by atoms with Crippen molar-refractivity contribution in [1.82, 2.24) is 4.90 Å². The van der Waals surface area contributed by atoms with Gasteiger partial charge in [0.25, 0.3) is 0 Å².